The SMILES string of the molecule is Nc1ccn(C2C[C@H](O)[C@](CO)(C(F)F)O2)c(=O)n1. The molecule has 0 saturated carbocycles. The minimum atomic E-state index is -3.09. The van der Waals surface area contributed by atoms with E-state index in [0.717, 1.165) is 4.57 Å². The zero-order valence-electron chi connectivity index (χ0n) is 9.74. The molecule has 0 amide bonds. The summed E-state index contributed by atoms with van der Waals surface area (Å²) in [5.41, 5.74) is 2.15. The molecular formula is C10H13F2N3O4. The average molecular weight is 277 g/mol. The average Bonchev–Trinajstić information content (AvgIpc) is 2.67. The van der Waals surface area contributed by atoms with Crippen molar-refractivity contribution in [2.75, 3.05) is 12.3 Å². The molecule has 9 heteroatoms. The molecule has 1 aromatic heterocycles. The monoisotopic (exact) mass is 277 g/mol. The number of halogens is 2. The van der Waals surface area contributed by atoms with Crippen LogP contribution in [0.4, 0.5) is 14.6 Å². The van der Waals surface area contributed by atoms with Crippen LogP contribution in [-0.4, -0.2) is 44.5 Å². The first kappa shape index (κ1) is 13.8. The third-order valence-corrected chi connectivity index (χ3v) is 3.12. The maximum absolute atomic E-state index is 12.9. The van der Waals surface area contributed by atoms with Crippen molar-refractivity contribution in [2.45, 2.75) is 30.8 Å². The number of aliphatic hydroxyl groups excluding tert-OH is 2. The topological polar surface area (TPSA) is 111 Å². The second kappa shape index (κ2) is 4.83. The second-order valence-electron chi connectivity index (χ2n) is 4.28. The van der Waals surface area contributed by atoms with Gasteiger partial charge in [0.05, 0.1) is 12.7 Å². The molecule has 2 rings (SSSR count). The van der Waals surface area contributed by atoms with E-state index < -0.39 is 36.7 Å². The molecule has 1 aliphatic rings. The third kappa shape index (κ3) is 2.20. The van der Waals surface area contributed by atoms with Crippen LogP contribution in [0.5, 0.6) is 0 Å². The van der Waals surface area contributed by atoms with Gasteiger partial charge in [-0.3, -0.25) is 4.57 Å². The molecule has 3 atom stereocenters. The lowest BCUT2D eigenvalue weighted by Crippen LogP contribution is -2.49. The van der Waals surface area contributed by atoms with Crippen molar-refractivity contribution in [3.05, 3.63) is 22.7 Å². The van der Waals surface area contributed by atoms with Gasteiger partial charge in [-0.1, -0.05) is 0 Å². The van der Waals surface area contributed by atoms with Gasteiger partial charge in [-0.15, -0.1) is 0 Å². The number of aromatic nitrogens is 2. The molecule has 0 bridgehead atoms. The second-order valence-corrected chi connectivity index (χ2v) is 4.28. The Labute approximate surface area is 106 Å². The Hall–Kier alpha value is -1.58. The van der Waals surface area contributed by atoms with Gasteiger partial charge in [0, 0.05) is 12.6 Å². The number of hydrogen-bond donors (Lipinski definition) is 3. The maximum atomic E-state index is 12.9. The summed E-state index contributed by atoms with van der Waals surface area (Å²) in [5.74, 6) is -0.0120. The fraction of sp³-hybridized carbons (Fsp3) is 0.600. The molecular weight excluding hydrogens is 264 g/mol. The lowest BCUT2D eigenvalue weighted by atomic mass is 9.98. The van der Waals surface area contributed by atoms with Crippen LogP contribution in [0.2, 0.25) is 0 Å². The molecule has 0 radical (unpaired) electrons. The summed E-state index contributed by atoms with van der Waals surface area (Å²) in [6, 6.07) is 1.30. The predicted molar refractivity (Wildman–Crippen MR) is 59.5 cm³/mol. The molecule has 1 fully saturated rings. The van der Waals surface area contributed by atoms with Gasteiger partial charge >= 0.3 is 5.69 Å². The smallest absolute Gasteiger partial charge is 0.351 e. The molecule has 1 saturated heterocycles. The van der Waals surface area contributed by atoms with Gasteiger partial charge in [-0.2, -0.15) is 4.98 Å². The number of ether oxygens (including phenoxy) is 1. The number of nitrogens with zero attached hydrogens (tertiary/aromatic N) is 2. The Morgan fingerprint density at radius 3 is 2.84 bits per heavy atom. The van der Waals surface area contributed by atoms with Gasteiger partial charge in [-0.25, -0.2) is 13.6 Å². The lowest BCUT2D eigenvalue weighted by molar-refractivity contribution is -0.195. The van der Waals surface area contributed by atoms with Gasteiger partial charge in [0.15, 0.2) is 5.60 Å². The number of alkyl halides is 2. The number of rotatable bonds is 3. The van der Waals surface area contributed by atoms with E-state index in [4.69, 9.17) is 15.6 Å². The summed E-state index contributed by atoms with van der Waals surface area (Å²) < 4.78 is 31.8. The number of hydrogen-bond acceptors (Lipinski definition) is 6. The van der Waals surface area contributed by atoms with Gasteiger partial charge in [0.2, 0.25) is 0 Å². The number of aliphatic hydroxyl groups is 2. The summed E-state index contributed by atoms with van der Waals surface area (Å²) in [7, 11) is 0. The predicted octanol–water partition coefficient (Wildman–Crippen LogP) is -0.899. The summed E-state index contributed by atoms with van der Waals surface area (Å²) in [6.07, 6.45) is -4.82. The van der Waals surface area contributed by atoms with Gasteiger partial charge in [0.25, 0.3) is 6.43 Å². The fourth-order valence-electron chi connectivity index (χ4n) is 1.99. The third-order valence-electron chi connectivity index (χ3n) is 3.12. The Balaban J connectivity index is 2.33. The van der Waals surface area contributed by atoms with Crippen molar-refractivity contribution >= 4 is 5.82 Å². The van der Waals surface area contributed by atoms with E-state index in [2.05, 4.69) is 4.98 Å². The largest absolute Gasteiger partial charge is 0.393 e. The first-order chi connectivity index (χ1) is 8.90. The van der Waals surface area contributed by atoms with Gasteiger partial charge in [-0.05, 0) is 6.07 Å². The number of nitrogen functional groups attached to an aromatic ring is 1. The van der Waals surface area contributed by atoms with Crippen molar-refractivity contribution < 1.29 is 23.7 Å². The van der Waals surface area contributed by atoms with Crippen LogP contribution in [-0.2, 0) is 4.74 Å². The van der Waals surface area contributed by atoms with Crippen LogP contribution >= 0.6 is 0 Å². The molecule has 19 heavy (non-hydrogen) atoms. The van der Waals surface area contributed by atoms with Crippen LogP contribution in [0, 0.1) is 0 Å². The van der Waals surface area contributed by atoms with Crippen LogP contribution in [0.15, 0.2) is 17.1 Å². The fourth-order valence-corrected chi connectivity index (χ4v) is 1.99. The van der Waals surface area contributed by atoms with Crippen LogP contribution < -0.4 is 11.4 Å². The maximum Gasteiger partial charge on any atom is 0.351 e. The van der Waals surface area contributed by atoms with Crippen LogP contribution in [0.1, 0.15) is 12.6 Å². The van der Waals surface area contributed by atoms with Crippen molar-refractivity contribution in [3.63, 3.8) is 0 Å². The van der Waals surface area contributed by atoms with E-state index in [1.54, 1.807) is 0 Å². The van der Waals surface area contributed by atoms with Crippen molar-refractivity contribution in [3.8, 4) is 0 Å². The van der Waals surface area contributed by atoms with Gasteiger partial charge in [0.1, 0.15) is 12.0 Å². The highest BCUT2D eigenvalue weighted by Crippen LogP contribution is 2.39. The molecule has 1 aliphatic heterocycles. The number of nitrogens with two attached hydrogens (primary N) is 1. The Morgan fingerprint density at radius 1 is 1.68 bits per heavy atom. The molecule has 0 spiro atoms. The highest BCUT2D eigenvalue weighted by Gasteiger charge is 2.55. The van der Waals surface area contributed by atoms with Crippen LogP contribution in [0.25, 0.3) is 0 Å². The van der Waals surface area contributed by atoms with E-state index in [-0.39, 0.29) is 12.2 Å². The Kier molecular flexibility index (Phi) is 3.52. The standard InChI is InChI=1S/C10H13F2N3O4/c11-8(12)10(4-16)5(17)3-7(19-10)15-2-1-6(13)14-9(15)18/h1-2,5,7-8,16-17H,3-4H2,(H2,13,14,18)/t5-,7?,10+/m0/s1. The van der Waals surface area contributed by atoms with Crippen LogP contribution in [0.3, 0.4) is 0 Å². The minimum Gasteiger partial charge on any atom is -0.393 e. The molecule has 7 nitrogen and oxygen atoms in total. The van der Waals surface area contributed by atoms with E-state index in [1.807, 2.05) is 0 Å². The summed E-state index contributed by atoms with van der Waals surface area (Å²) in [6.45, 7) is -1.06. The lowest BCUT2D eigenvalue weighted by Gasteiger charge is -2.28. The van der Waals surface area contributed by atoms with E-state index in [1.165, 1.54) is 12.3 Å². The van der Waals surface area contributed by atoms with E-state index in [0.29, 0.717) is 0 Å². The minimum absolute atomic E-state index is 0.0120. The normalized spacial score (nSPS) is 31.0. The number of anilines is 1. The summed E-state index contributed by atoms with van der Waals surface area (Å²) in [4.78, 5) is 15.0. The molecule has 106 valence electrons. The summed E-state index contributed by atoms with van der Waals surface area (Å²) >= 11 is 0. The molecule has 1 unspecified atom stereocenters. The zero-order valence-corrected chi connectivity index (χ0v) is 9.74. The van der Waals surface area contributed by atoms with Crippen molar-refractivity contribution in [2.24, 2.45) is 0 Å². The quantitative estimate of drug-likeness (QED) is 0.660. The van der Waals surface area contributed by atoms with E-state index in [9.17, 15) is 18.7 Å². The van der Waals surface area contributed by atoms with Gasteiger partial charge < -0.3 is 20.7 Å². The van der Waals surface area contributed by atoms with E-state index >= 15 is 0 Å². The summed E-state index contributed by atoms with van der Waals surface area (Å²) in [5, 5.41) is 18.7. The highest BCUT2D eigenvalue weighted by molar-refractivity contribution is 5.23. The molecule has 2 heterocycles. The highest BCUT2D eigenvalue weighted by atomic mass is 19.3. The first-order valence-corrected chi connectivity index (χ1v) is 5.50. The molecule has 0 aliphatic carbocycles. The first-order valence-electron chi connectivity index (χ1n) is 5.50. The Bertz CT molecular complexity index is 524. The zero-order chi connectivity index (χ0) is 14.2. The van der Waals surface area contributed by atoms with Crippen molar-refractivity contribution in [1.82, 2.24) is 9.55 Å². The van der Waals surface area contributed by atoms with Crippen molar-refractivity contribution in [1.29, 1.82) is 0 Å². The Morgan fingerprint density at radius 2 is 2.37 bits per heavy atom. The molecule has 1 aromatic rings. The molecule has 4 N–H and O–H groups in total. The molecule has 0 aromatic carbocycles.